The third kappa shape index (κ3) is 2.48. The molecule has 96 valence electrons. The highest BCUT2D eigenvalue weighted by Crippen LogP contribution is 2.37. The van der Waals surface area contributed by atoms with Crippen molar-refractivity contribution in [2.75, 3.05) is 13.1 Å². The van der Waals surface area contributed by atoms with E-state index in [1.165, 1.54) is 24.1 Å². The SMILES string of the molecule is CCNCCc1nnc(-c2cc3c(s2)CCC3)s1. The first kappa shape index (κ1) is 12.3. The second kappa shape index (κ2) is 5.47. The molecular formula is C13H17N3S2. The van der Waals surface area contributed by atoms with E-state index >= 15 is 0 Å². The van der Waals surface area contributed by atoms with Gasteiger partial charge in [-0.3, -0.25) is 0 Å². The van der Waals surface area contributed by atoms with Gasteiger partial charge < -0.3 is 5.32 Å². The van der Waals surface area contributed by atoms with Crippen LogP contribution in [0.15, 0.2) is 6.07 Å². The molecule has 0 bridgehead atoms. The minimum atomic E-state index is 0.983. The molecule has 0 fully saturated rings. The van der Waals surface area contributed by atoms with Crippen molar-refractivity contribution in [3.05, 3.63) is 21.5 Å². The molecule has 3 nitrogen and oxygen atoms in total. The predicted molar refractivity (Wildman–Crippen MR) is 77.5 cm³/mol. The Balaban J connectivity index is 1.72. The summed E-state index contributed by atoms with van der Waals surface area (Å²) < 4.78 is 0. The van der Waals surface area contributed by atoms with E-state index in [-0.39, 0.29) is 0 Å². The highest BCUT2D eigenvalue weighted by molar-refractivity contribution is 7.21. The molecule has 0 aliphatic heterocycles. The molecule has 0 saturated heterocycles. The Kier molecular flexibility index (Phi) is 3.72. The van der Waals surface area contributed by atoms with E-state index in [1.54, 1.807) is 21.8 Å². The van der Waals surface area contributed by atoms with Crippen LogP contribution in [0, 0.1) is 0 Å². The third-order valence-electron chi connectivity index (χ3n) is 3.19. The molecular weight excluding hydrogens is 262 g/mol. The zero-order valence-electron chi connectivity index (χ0n) is 10.5. The predicted octanol–water partition coefficient (Wildman–Crippen LogP) is 2.91. The Bertz CT molecular complexity index is 509. The lowest BCUT2D eigenvalue weighted by molar-refractivity contribution is 0.710. The second-order valence-corrected chi connectivity index (χ2v) is 6.72. The van der Waals surface area contributed by atoms with Gasteiger partial charge in [0.1, 0.15) is 5.01 Å². The van der Waals surface area contributed by atoms with Gasteiger partial charge in [-0.05, 0) is 37.4 Å². The topological polar surface area (TPSA) is 37.8 Å². The van der Waals surface area contributed by atoms with Crippen LogP contribution in [0.25, 0.3) is 9.88 Å². The molecule has 0 unspecified atom stereocenters. The summed E-state index contributed by atoms with van der Waals surface area (Å²) in [4.78, 5) is 2.88. The van der Waals surface area contributed by atoms with Crippen LogP contribution < -0.4 is 5.32 Å². The maximum absolute atomic E-state index is 4.33. The van der Waals surface area contributed by atoms with Crippen LogP contribution in [0.3, 0.4) is 0 Å². The molecule has 0 saturated carbocycles. The van der Waals surface area contributed by atoms with E-state index in [9.17, 15) is 0 Å². The van der Waals surface area contributed by atoms with Gasteiger partial charge in [-0.2, -0.15) is 0 Å². The Hall–Kier alpha value is -0.780. The monoisotopic (exact) mass is 279 g/mol. The lowest BCUT2D eigenvalue weighted by Gasteiger charge is -1.95. The first-order valence-corrected chi connectivity index (χ1v) is 8.15. The summed E-state index contributed by atoms with van der Waals surface area (Å²) in [5.41, 5.74) is 1.54. The number of fused-ring (bicyclic) bond motifs is 1. The van der Waals surface area contributed by atoms with E-state index < -0.39 is 0 Å². The third-order valence-corrected chi connectivity index (χ3v) is 5.58. The largest absolute Gasteiger partial charge is 0.317 e. The number of nitrogens with zero attached hydrogens (tertiary/aromatic N) is 2. The number of hydrogen-bond acceptors (Lipinski definition) is 5. The van der Waals surface area contributed by atoms with Gasteiger partial charge in [-0.25, -0.2) is 0 Å². The fourth-order valence-corrected chi connectivity index (χ4v) is 4.39. The number of aromatic nitrogens is 2. The minimum Gasteiger partial charge on any atom is -0.317 e. The van der Waals surface area contributed by atoms with Gasteiger partial charge in [0.25, 0.3) is 0 Å². The first-order chi connectivity index (χ1) is 8.86. The van der Waals surface area contributed by atoms with Crippen LogP contribution in [0.5, 0.6) is 0 Å². The summed E-state index contributed by atoms with van der Waals surface area (Å²) in [7, 11) is 0. The molecule has 0 atom stereocenters. The van der Waals surface area contributed by atoms with Crippen molar-refractivity contribution in [1.29, 1.82) is 0 Å². The summed E-state index contributed by atoms with van der Waals surface area (Å²) in [6.07, 6.45) is 4.81. The Morgan fingerprint density at radius 1 is 1.28 bits per heavy atom. The lowest BCUT2D eigenvalue weighted by atomic mass is 10.2. The molecule has 1 aliphatic carbocycles. The van der Waals surface area contributed by atoms with Crippen molar-refractivity contribution in [3.63, 3.8) is 0 Å². The molecule has 0 aromatic carbocycles. The zero-order chi connectivity index (χ0) is 12.4. The molecule has 0 spiro atoms. The van der Waals surface area contributed by atoms with Crippen LogP contribution >= 0.6 is 22.7 Å². The summed E-state index contributed by atoms with van der Waals surface area (Å²) in [6, 6.07) is 2.32. The van der Waals surface area contributed by atoms with Gasteiger partial charge in [0, 0.05) is 17.8 Å². The Morgan fingerprint density at radius 2 is 2.22 bits per heavy atom. The van der Waals surface area contributed by atoms with E-state index in [4.69, 9.17) is 0 Å². The number of likely N-dealkylation sites (N-methyl/N-ethyl adjacent to an activating group) is 1. The van der Waals surface area contributed by atoms with Gasteiger partial charge in [0.2, 0.25) is 0 Å². The maximum Gasteiger partial charge on any atom is 0.157 e. The fourth-order valence-electron chi connectivity index (χ4n) is 2.26. The van der Waals surface area contributed by atoms with Gasteiger partial charge in [0.05, 0.1) is 4.88 Å². The average Bonchev–Trinajstić information content (AvgIpc) is 3.02. The van der Waals surface area contributed by atoms with E-state index in [0.717, 1.165) is 29.5 Å². The number of rotatable bonds is 5. The molecule has 1 N–H and O–H groups in total. The van der Waals surface area contributed by atoms with E-state index in [0.29, 0.717) is 0 Å². The quantitative estimate of drug-likeness (QED) is 0.855. The van der Waals surface area contributed by atoms with Crippen molar-refractivity contribution in [2.24, 2.45) is 0 Å². The standard InChI is InChI=1S/C13H17N3S2/c1-2-14-7-6-12-15-16-13(18-12)11-8-9-4-3-5-10(9)17-11/h8,14H,2-7H2,1H3. The summed E-state index contributed by atoms with van der Waals surface area (Å²) in [6.45, 7) is 4.13. The van der Waals surface area contributed by atoms with Crippen LogP contribution in [0.4, 0.5) is 0 Å². The molecule has 5 heteroatoms. The molecule has 18 heavy (non-hydrogen) atoms. The van der Waals surface area contributed by atoms with Gasteiger partial charge in [-0.15, -0.1) is 21.5 Å². The molecule has 2 heterocycles. The van der Waals surface area contributed by atoms with E-state index in [1.807, 2.05) is 11.3 Å². The van der Waals surface area contributed by atoms with Crippen LogP contribution in [-0.2, 0) is 19.3 Å². The van der Waals surface area contributed by atoms with E-state index in [2.05, 4.69) is 28.5 Å². The van der Waals surface area contributed by atoms with Gasteiger partial charge in [0.15, 0.2) is 5.01 Å². The molecule has 2 aromatic rings. The highest BCUT2D eigenvalue weighted by Gasteiger charge is 2.17. The van der Waals surface area contributed by atoms with Gasteiger partial charge >= 0.3 is 0 Å². The van der Waals surface area contributed by atoms with Crippen molar-refractivity contribution >= 4 is 22.7 Å². The maximum atomic E-state index is 4.33. The van der Waals surface area contributed by atoms with Crippen LogP contribution in [-0.4, -0.2) is 23.3 Å². The minimum absolute atomic E-state index is 0.983. The van der Waals surface area contributed by atoms with Gasteiger partial charge in [-0.1, -0.05) is 18.3 Å². The fraction of sp³-hybridized carbons (Fsp3) is 0.538. The van der Waals surface area contributed by atoms with Crippen LogP contribution in [0.1, 0.15) is 28.8 Å². The summed E-state index contributed by atoms with van der Waals surface area (Å²) in [5.74, 6) is 0. The van der Waals surface area contributed by atoms with Crippen LogP contribution in [0.2, 0.25) is 0 Å². The molecule has 0 radical (unpaired) electrons. The normalized spacial score (nSPS) is 14.1. The van der Waals surface area contributed by atoms with Crippen molar-refractivity contribution in [2.45, 2.75) is 32.6 Å². The molecule has 3 rings (SSSR count). The number of aryl methyl sites for hydroxylation is 2. The number of thiophene rings is 1. The molecule has 1 aliphatic rings. The Morgan fingerprint density at radius 3 is 3.06 bits per heavy atom. The smallest absolute Gasteiger partial charge is 0.157 e. The second-order valence-electron chi connectivity index (χ2n) is 4.52. The number of nitrogens with one attached hydrogen (secondary N) is 1. The summed E-state index contributed by atoms with van der Waals surface area (Å²) in [5, 5.41) is 14.2. The highest BCUT2D eigenvalue weighted by atomic mass is 32.1. The molecule has 2 aromatic heterocycles. The Labute approximate surface area is 115 Å². The molecule has 0 amide bonds. The lowest BCUT2D eigenvalue weighted by Crippen LogP contribution is -2.15. The zero-order valence-corrected chi connectivity index (χ0v) is 12.2. The number of hydrogen-bond donors (Lipinski definition) is 1. The van der Waals surface area contributed by atoms with Crippen molar-refractivity contribution in [3.8, 4) is 9.88 Å². The summed E-state index contributed by atoms with van der Waals surface area (Å²) >= 11 is 3.65. The average molecular weight is 279 g/mol. The van der Waals surface area contributed by atoms with Crippen molar-refractivity contribution in [1.82, 2.24) is 15.5 Å². The van der Waals surface area contributed by atoms with Crippen molar-refractivity contribution < 1.29 is 0 Å². The first-order valence-electron chi connectivity index (χ1n) is 6.52.